The maximum absolute atomic E-state index is 11.5. The maximum Gasteiger partial charge on any atom is 0.309 e. The summed E-state index contributed by atoms with van der Waals surface area (Å²) in [6.45, 7) is 4.29. The van der Waals surface area contributed by atoms with Crippen molar-refractivity contribution >= 4 is 11.9 Å². The molecule has 0 spiro atoms. The van der Waals surface area contributed by atoms with E-state index in [1.54, 1.807) is 0 Å². The number of carbonyl (C=O) groups is 2. The minimum Gasteiger partial charge on any atom is -0.465 e. The van der Waals surface area contributed by atoms with E-state index in [-0.39, 0.29) is 30.4 Å². The van der Waals surface area contributed by atoms with Gasteiger partial charge in [0.15, 0.2) is 0 Å². The van der Waals surface area contributed by atoms with Crippen LogP contribution in [-0.4, -0.2) is 24.6 Å². The third kappa shape index (κ3) is 4.21. The van der Waals surface area contributed by atoms with Crippen molar-refractivity contribution in [2.24, 2.45) is 5.92 Å². The van der Waals surface area contributed by atoms with Gasteiger partial charge < -0.3 is 9.47 Å². The molecule has 0 aliphatic carbocycles. The lowest BCUT2D eigenvalue weighted by Gasteiger charge is -2.14. The van der Waals surface area contributed by atoms with Gasteiger partial charge in [-0.05, 0) is 32.6 Å². The van der Waals surface area contributed by atoms with E-state index in [1.807, 2.05) is 13.8 Å². The van der Waals surface area contributed by atoms with Crippen molar-refractivity contribution in [2.75, 3.05) is 6.61 Å². The van der Waals surface area contributed by atoms with E-state index in [9.17, 15) is 9.59 Å². The van der Waals surface area contributed by atoms with Crippen LogP contribution in [0.1, 0.15) is 46.0 Å². The summed E-state index contributed by atoms with van der Waals surface area (Å²) in [4.78, 5) is 23.0. The molecule has 4 nitrogen and oxygen atoms in total. The molecule has 1 aliphatic heterocycles. The van der Waals surface area contributed by atoms with Crippen LogP contribution in [0, 0.1) is 5.92 Å². The van der Waals surface area contributed by atoms with Crippen LogP contribution in [0.4, 0.5) is 0 Å². The standard InChI is InChI=1S/C12H20O4/c1-3-9(2)16-11(13)8-10-6-4-5-7-15-12(10)14/h9-10H,3-8H2,1-2H3. The van der Waals surface area contributed by atoms with Crippen molar-refractivity contribution in [3.05, 3.63) is 0 Å². The fraction of sp³-hybridized carbons (Fsp3) is 0.833. The molecule has 2 unspecified atom stereocenters. The Balaban J connectivity index is 2.39. The summed E-state index contributed by atoms with van der Waals surface area (Å²) in [7, 11) is 0. The Morgan fingerprint density at radius 1 is 1.56 bits per heavy atom. The van der Waals surface area contributed by atoms with E-state index < -0.39 is 0 Å². The zero-order chi connectivity index (χ0) is 12.0. The predicted octanol–water partition coefficient (Wildman–Crippen LogP) is 2.06. The van der Waals surface area contributed by atoms with Gasteiger partial charge in [0.05, 0.1) is 25.0 Å². The fourth-order valence-electron chi connectivity index (χ4n) is 1.64. The number of rotatable bonds is 4. The molecule has 16 heavy (non-hydrogen) atoms. The third-order valence-corrected chi connectivity index (χ3v) is 2.85. The molecule has 0 amide bonds. The van der Waals surface area contributed by atoms with Crippen LogP contribution in [-0.2, 0) is 19.1 Å². The molecule has 1 saturated heterocycles. The Bertz CT molecular complexity index is 249. The molecule has 2 atom stereocenters. The second kappa shape index (κ2) is 6.51. The summed E-state index contributed by atoms with van der Waals surface area (Å²) in [5.41, 5.74) is 0. The smallest absolute Gasteiger partial charge is 0.309 e. The highest BCUT2D eigenvalue weighted by atomic mass is 16.5. The van der Waals surface area contributed by atoms with Crippen molar-refractivity contribution in [3.63, 3.8) is 0 Å². The van der Waals surface area contributed by atoms with E-state index in [4.69, 9.17) is 9.47 Å². The average Bonchev–Trinajstić information content (AvgIpc) is 2.44. The molecule has 0 aromatic rings. The fourth-order valence-corrected chi connectivity index (χ4v) is 1.64. The van der Waals surface area contributed by atoms with Crippen molar-refractivity contribution in [2.45, 2.75) is 52.1 Å². The Hall–Kier alpha value is -1.06. The van der Waals surface area contributed by atoms with E-state index in [1.165, 1.54) is 0 Å². The van der Waals surface area contributed by atoms with Gasteiger partial charge in [-0.1, -0.05) is 6.92 Å². The lowest BCUT2D eigenvalue weighted by molar-refractivity contribution is -0.156. The molecule has 1 heterocycles. The molecular formula is C12H20O4. The topological polar surface area (TPSA) is 52.6 Å². The Morgan fingerprint density at radius 2 is 2.31 bits per heavy atom. The lowest BCUT2D eigenvalue weighted by Crippen LogP contribution is -2.22. The summed E-state index contributed by atoms with van der Waals surface area (Å²) in [6.07, 6.45) is 3.43. The first-order chi connectivity index (χ1) is 7.63. The Morgan fingerprint density at radius 3 is 3.00 bits per heavy atom. The first-order valence-corrected chi connectivity index (χ1v) is 5.99. The minimum atomic E-state index is -0.306. The van der Waals surface area contributed by atoms with Crippen LogP contribution in [0.15, 0.2) is 0 Å². The predicted molar refractivity (Wildman–Crippen MR) is 58.8 cm³/mol. The number of esters is 2. The van der Waals surface area contributed by atoms with Crippen LogP contribution in [0.3, 0.4) is 0 Å². The molecule has 0 aromatic carbocycles. The Kier molecular flexibility index (Phi) is 5.29. The van der Waals surface area contributed by atoms with Crippen molar-refractivity contribution in [1.82, 2.24) is 0 Å². The highest BCUT2D eigenvalue weighted by molar-refractivity contribution is 5.80. The van der Waals surface area contributed by atoms with Crippen LogP contribution in [0.5, 0.6) is 0 Å². The number of cyclic esters (lactones) is 1. The molecule has 1 fully saturated rings. The summed E-state index contributed by atoms with van der Waals surface area (Å²) >= 11 is 0. The van der Waals surface area contributed by atoms with E-state index in [2.05, 4.69) is 0 Å². The Labute approximate surface area is 96.3 Å². The van der Waals surface area contributed by atoms with Crippen LogP contribution in [0.2, 0.25) is 0 Å². The van der Waals surface area contributed by atoms with Crippen LogP contribution >= 0.6 is 0 Å². The first-order valence-electron chi connectivity index (χ1n) is 5.99. The van der Waals surface area contributed by atoms with Gasteiger partial charge in [0.25, 0.3) is 0 Å². The van der Waals surface area contributed by atoms with Gasteiger partial charge >= 0.3 is 11.9 Å². The summed E-state index contributed by atoms with van der Waals surface area (Å²) in [6, 6.07) is 0. The monoisotopic (exact) mass is 228 g/mol. The second-order valence-corrected chi connectivity index (χ2v) is 4.27. The highest BCUT2D eigenvalue weighted by Gasteiger charge is 2.26. The van der Waals surface area contributed by atoms with Gasteiger partial charge in [0.1, 0.15) is 0 Å². The van der Waals surface area contributed by atoms with Crippen molar-refractivity contribution < 1.29 is 19.1 Å². The number of ether oxygens (including phenoxy) is 2. The molecular weight excluding hydrogens is 208 g/mol. The molecule has 0 radical (unpaired) electrons. The SMILES string of the molecule is CCC(C)OC(=O)CC1CCCCOC1=O. The summed E-state index contributed by atoms with van der Waals surface area (Å²) < 4.78 is 10.1. The number of hydrogen-bond donors (Lipinski definition) is 0. The normalized spacial score (nSPS) is 23.1. The van der Waals surface area contributed by atoms with Gasteiger partial charge in [-0.15, -0.1) is 0 Å². The van der Waals surface area contributed by atoms with Gasteiger partial charge in [0, 0.05) is 0 Å². The summed E-state index contributed by atoms with van der Waals surface area (Å²) in [5, 5.41) is 0. The van der Waals surface area contributed by atoms with Crippen molar-refractivity contribution in [1.29, 1.82) is 0 Å². The van der Waals surface area contributed by atoms with E-state index in [0.717, 1.165) is 25.7 Å². The van der Waals surface area contributed by atoms with Gasteiger partial charge in [-0.2, -0.15) is 0 Å². The van der Waals surface area contributed by atoms with E-state index >= 15 is 0 Å². The zero-order valence-corrected chi connectivity index (χ0v) is 10.0. The quantitative estimate of drug-likeness (QED) is 0.691. The van der Waals surface area contributed by atoms with Gasteiger partial charge in [-0.25, -0.2) is 0 Å². The number of carbonyl (C=O) groups excluding carboxylic acids is 2. The van der Waals surface area contributed by atoms with Crippen molar-refractivity contribution in [3.8, 4) is 0 Å². The lowest BCUT2D eigenvalue weighted by atomic mass is 10.00. The molecule has 1 rings (SSSR count). The summed E-state index contributed by atoms with van der Waals surface area (Å²) in [5.74, 6) is -0.851. The molecule has 1 aliphatic rings. The highest BCUT2D eigenvalue weighted by Crippen LogP contribution is 2.19. The molecule has 92 valence electrons. The van der Waals surface area contributed by atoms with E-state index in [0.29, 0.717) is 6.61 Å². The third-order valence-electron chi connectivity index (χ3n) is 2.85. The van der Waals surface area contributed by atoms with Crippen LogP contribution < -0.4 is 0 Å². The molecule has 0 aromatic heterocycles. The minimum absolute atomic E-state index is 0.0747. The second-order valence-electron chi connectivity index (χ2n) is 4.27. The molecule has 0 N–H and O–H groups in total. The van der Waals surface area contributed by atoms with Gasteiger partial charge in [0.2, 0.25) is 0 Å². The molecule has 0 saturated carbocycles. The molecule has 0 bridgehead atoms. The first kappa shape index (κ1) is 13.0. The molecule has 4 heteroatoms. The number of hydrogen-bond acceptors (Lipinski definition) is 4. The average molecular weight is 228 g/mol. The van der Waals surface area contributed by atoms with Crippen LogP contribution in [0.25, 0.3) is 0 Å². The zero-order valence-electron chi connectivity index (χ0n) is 10.0. The van der Waals surface area contributed by atoms with Gasteiger partial charge in [-0.3, -0.25) is 9.59 Å². The largest absolute Gasteiger partial charge is 0.465 e. The maximum atomic E-state index is 11.5.